The van der Waals surface area contributed by atoms with Gasteiger partial charge in [-0.05, 0) is 73.9 Å². The van der Waals surface area contributed by atoms with E-state index in [1.165, 1.54) is 5.56 Å². The van der Waals surface area contributed by atoms with Gasteiger partial charge in [-0.25, -0.2) is 4.79 Å². The number of carbonyl (C=O) groups excluding carboxylic acids is 1. The molecule has 1 unspecified atom stereocenters. The quantitative estimate of drug-likeness (QED) is 0.386. The van der Waals surface area contributed by atoms with Crippen molar-refractivity contribution < 1.29 is 14.1 Å². The lowest BCUT2D eigenvalue weighted by Gasteiger charge is -2.35. The summed E-state index contributed by atoms with van der Waals surface area (Å²) in [5.41, 5.74) is 6.33. The number of anilines is 1. The summed E-state index contributed by atoms with van der Waals surface area (Å²) in [6.45, 7) is 6.04. The average molecular weight is 467 g/mol. The van der Waals surface area contributed by atoms with Gasteiger partial charge in [0.05, 0.1) is 24.4 Å². The number of benzene rings is 3. The van der Waals surface area contributed by atoms with Gasteiger partial charge in [0.15, 0.2) is 0 Å². The Bertz CT molecular complexity index is 1410. The number of hydrogen-bond donors (Lipinski definition) is 1. The number of aromatic nitrogens is 2. The van der Waals surface area contributed by atoms with E-state index in [9.17, 15) is 4.79 Å². The molecule has 2 amide bonds. The number of carbonyl (C=O) groups is 1. The van der Waals surface area contributed by atoms with Crippen molar-refractivity contribution in [1.29, 1.82) is 0 Å². The van der Waals surface area contributed by atoms with Gasteiger partial charge in [-0.3, -0.25) is 4.90 Å². The maximum atomic E-state index is 13.3. The van der Waals surface area contributed by atoms with Crippen LogP contribution in [0, 0.1) is 13.8 Å². The Morgan fingerprint density at radius 2 is 1.69 bits per heavy atom. The van der Waals surface area contributed by atoms with Crippen LogP contribution in [0.15, 0.2) is 83.0 Å². The number of urea groups is 1. The van der Waals surface area contributed by atoms with E-state index in [1.54, 1.807) is 12.0 Å². The van der Waals surface area contributed by atoms with Crippen LogP contribution in [0.4, 0.5) is 10.5 Å². The second kappa shape index (κ2) is 9.10. The van der Waals surface area contributed by atoms with Gasteiger partial charge in [0.25, 0.3) is 5.89 Å². The summed E-state index contributed by atoms with van der Waals surface area (Å²) in [4.78, 5) is 19.7. The number of rotatable bonds is 5. The molecule has 2 heterocycles. The first kappa shape index (κ1) is 22.4. The van der Waals surface area contributed by atoms with Crippen LogP contribution in [0.2, 0.25) is 0 Å². The third kappa shape index (κ3) is 4.17. The lowest BCUT2D eigenvalue weighted by Crippen LogP contribution is -2.46. The van der Waals surface area contributed by atoms with E-state index >= 15 is 0 Å². The van der Waals surface area contributed by atoms with Gasteiger partial charge in [-0.2, -0.15) is 4.98 Å². The Hall–Kier alpha value is -4.39. The van der Waals surface area contributed by atoms with Gasteiger partial charge < -0.3 is 14.6 Å². The first-order valence-electron chi connectivity index (χ1n) is 11.4. The molecule has 0 aliphatic carbocycles. The van der Waals surface area contributed by atoms with Crippen LogP contribution in [-0.4, -0.2) is 23.3 Å². The SMILES string of the molecule is COc1ccc(-c2noc(C3=C(C)N(c4ccccc4)C(=O)NC3c3ccc(C)c(C)c3)n2)cc1. The van der Waals surface area contributed by atoms with E-state index in [0.29, 0.717) is 11.7 Å². The van der Waals surface area contributed by atoms with Crippen molar-refractivity contribution in [3.8, 4) is 17.1 Å². The number of aryl methyl sites for hydroxylation is 2. The van der Waals surface area contributed by atoms with Crippen LogP contribution >= 0.6 is 0 Å². The van der Waals surface area contributed by atoms with E-state index in [4.69, 9.17) is 14.2 Å². The van der Waals surface area contributed by atoms with E-state index in [2.05, 4.69) is 36.5 Å². The zero-order chi connectivity index (χ0) is 24.5. The molecular formula is C28H26N4O3. The van der Waals surface area contributed by atoms with Gasteiger partial charge in [0.1, 0.15) is 5.75 Å². The molecule has 0 saturated carbocycles. The molecule has 176 valence electrons. The molecular weight excluding hydrogens is 440 g/mol. The molecule has 7 heteroatoms. The molecule has 4 aromatic rings. The Morgan fingerprint density at radius 1 is 0.943 bits per heavy atom. The number of amides is 2. The summed E-state index contributed by atoms with van der Waals surface area (Å²) < 4.78 is 11.0. The molecule has 3 aromatic carbocycles. The number of nitrogens with one attached hydrogen (secondary N) is 1. The minimum Gasteiger partial charge on any atom is -0.497 e. The van der Waals surface area contributed by atoms with E-state index in [0.717, 1.165) is 39.4 Å². The third-order valence-electron chi connectivity index (χ3n) is 6.37. The molecule has 0 radical (unpaired) electrons. The van der Waals surface area contributed by atoms with Gasteiger partial charge in [0.2, 0.25) is 5.82 Å². The van der Waals surface area contributed by atoms with E-state index < -0.39 is 6.04 Å². The topological polar surface area (TPSA) is 80.5 Å². The standard InChI is InChI=1S/C28H26N4O3/c1-17-10-11-21(16-18(17)2)25-24(19(3)32(28(33)29-25)22-8-6-5-7-9-22)27-30-26(31-35-27)20-12-14-23(34-4)15-13-20/h5-16,25H,1-4H3,(H,29,33). The van der Waals surface area contributed by atoms with Crippen LogP contribution in [0.25, 0.3) is 17.0 Å². The maximum absolute atomic E-state index is 13.3. The number of methoxy groups -OCH3 is 1. The normalized spacial score (nSPS) is 15.8. The summed E-state index contributed by atoms with van der Waals surface area (Å²) in [5.74, 6) is 1.57. The van der Waals surface area contributed by atoms with Crippen molar-refractivity contribution in [1.82, 2.24) is 15.5 Å². The molecule has 1 aliphatic rings. The third-order valence-corrected chi connectivity index (χ3v) is 6.37. The van der Waals surface area contributed by atoms with Crippen LogP contribution < -0.4 is 15.0 Å². The molecule has 1 atom stereocenters. The maximum Gasteiger partial charge on any atom is 0.326 e. The number of hydrogen-bond acceptors (Lipinski definition) is 5. The van der Waals surface area contributed by atoms with Crippen molar-refractivity contribution in [3.05, 3.63) is 101 Å². The number of allylic oxidation sites excluding steroid dienone is 1. The second-order valence-corrected chi connectivity index (χ2v) is 8.55. The molecule has 35 heavy (non-hydrogen) atoms. The average Bonchev–Trinajstić information content (AvgIpc) is 3.36. The molecule has 0 fully saturated rings. The van der Waals surface area contributed by atoms with Crippen LogP contribution in [0.1, 0.15) is 35.5 Å². The summed E-state index contributed by atoms with van der Waals surface area (Å²) in [6, 6.07) is 22.5. The minimum absolute atomic E-state index is 0.212. The summed E-state index contributed by atoms with van der Waals surface area (Å²) in [7, 11) is 1.62. The van der Waals surface area contributed by atoms with E-state index in [-0.39, 0.29) is 6.03 Å². The number of para-hydroxylation sites is 1. The fraction of sp³-hybridized carbons (Fsp3) is 0.179. The lowest BCUT2D eigenvalue weighted by atomic mass is 9.92. The van der Waals surface area contributed by atoms with Gasteiger partial charge in [0, 0.05) is 11.3 Å². The second-order valence-electron chi connectivity index (χ2n) is 8.55. The highest BCUT2D eigenvalue weighted by atomic mass is 16.5. The highest BCUT2D eigenvalue weighted by Crippen LogP contribution is 2.39. The van der Waals surface area contributed by atoms with Gasteiger partial charge in [-0.1, -0.05) is 41.6 Å². The Balaban J connectivity index is 1.64. The molecule has 7 nitrogen and oxygen atoms in total. The molecule has 1 aromatic heterocycles. The van der Waals surface area contributed by atoms with Crippen LogP contribution in [-0.2, 0) is 0 Å². The summed E-state index contributed by atoms with van der Waals surface area (Å²) >= 11 is 0. The summed E-state index contributed by atoms with van der Waals surface area (Å²) in [6.07, 6.45) is 0. The Labute approximate surface area is 204 Å². The smallest absolute Gasteiger partial charge is 0.326 e. The van der Waals surface area contributed by atoms with Crippen LogP contribution in [0.5, 0.6) is 5.75 Å². The molecule has 0 saturated heterocycles. The zero-order valence-corrected chi connectivity index (χ0v) is 20.1. The van der Waals surface area contributed by atoms with Crippen molar-refractivity contribution in [2.45, 2.75) is 26.8 Å². The molecule has 1 aliphatic heterocycles. The largest absolute Gasteiger partial charge is 0.497 e. The fourth-order valence-electron chi connectivity index (χ4n) is 4.29. The zero-order valence-electron chi connectivity index (χ0n) is 20.1. The van der Waals surface area contributed by atoms with Gasteiger partial charge >= 0.3 is 6.03 Å². The summed E-state index contributed by atoms with van der Waals surface area (Å²) in [5, 5.41) is 7.39. The first-order valence-corrected chi connectivity index (χ1v) is 11.4. The predicted molar refractivity (Wildman–Crippen MR) is 135 cm³/mol. The molecule has 1 N–H and O–H groups in total. The lowest BCUT2D eigenvalue weighted by molar-refractivity contribution is 0.244. The molecule has 0 spiro atoms. The number of ether oxygens (including phenoxy) is 1. The van der Waals surface area contributed by atoms with Crippen molar-refractivity contribution in [2.24, 2.45) is 0 Å². The van der Waals surface area contributed by atoms with Crippen molar-refractivity contribution in [2.75, 3.05) is 12.0 Å². The molecule has 0 bridgehead atoms. The van der Waals surface area contributed by atoms with Gasteiger partial charge in [-0.15, -0.1) is 0 Å². The van der Waals surface area contributed by atoms with Crippen LogP contribution in [0.3, 0.4) is 0 Å². The predicted octanol–water partition coefficient (Wildman–Crippen LogP) is 6.06. The highest BCUT2D eigenvalue weighted by Gasteiger charge is 2.36. The monoisotopic (exact) mass is 466 g/mol. The number of nitrogens with zero attached hydrogens (tertiary/aromatic N) is 3. The molecule has 5 rings (SSSR count). The Kier molecular flexibility index (Phi) is 5.82. The van der Waals surface area contributed by atoms with Crippen molar-refractivity contribution in [3.63, 3.8) is 0 Å². The minimum atomic E-state index is -0.439. The fourth-order valence-corrected chi connectivity index (χ4v) is 4.29. The Morgan fingerprint density at radius 3 is 2.37 bits per heavy atom. The highest BCUT2D eigenvalue weighted by molar-refractivity contribution is 6.01. The van der Waals surface area contributed by atoms with E-state index in [1.807, 2.05) is 67.6 Å². The van der Waals surface area contributed by atoms with Crippen molar-refractivity contribution >= 4 is 17.3 Å². The first-order chi connectivity index (χ1) is 17.0.